The third-order valence-electron chi connectivity index (χ3n) is 8.06. The van der Waals surface area contributed by atoms with E-state index in [-0.39, 0.29) is 22.9 Å². The average molecular weight is 582 g/mol. The smallest absolute Gasteiger partial charge is 0.415 e. The molecule has 2 aliphatic heterocycles. The predicted octanol–water partition coefficient (Wildman–Crippen LogP) is 5.40. The van der Waals surface area contributed by atoms with E-state index < -0.39 is 21.8 Å². The Labute approximate surface area is 238 Å². The van der Waals surface area contributed by atoms with Gasteiger partial charge in [-0.05, 0) is 55.7 Å². The van der Waals surface area contributed by atoms with E-state index in [0.717, 1.165) is 35.4 Å². The number of likely N-dealkylation sites (tertiary alicyclic amines) is 1. The highest BCUT2D eigenvalue weighted by Crippen LogP contribution is 2.45. The lowest BCUT2D eigenvalue weighted by atomic mass is 9.91. The first kappa shape index (κ1) is 27.6. The third kappa shape index (κ3) is 5.66. The minimum atomic E-state index is -4.51. The van der Waals surface area contributed by atoms with Crippen LogP contribution in [-0.4, -0.2) is 60.8 Å². The van der Waals surface area contributed by atoms with E-state index in [1.165, 1.54) is 35.2 Å². The van der Waals surface area contributed by atoms with Crippen LogP contribution in [-0.2, 0) is 21.4 Å². The molecule has 3 heterocycles. The Balaban J connectivity index is 1.20. The fourth-order valence-electron chi connectivity index (χ4n) is 5.77. The predicted molar refractivity (Wildman–Crippen MR) is 150 cm³/mol. The van der Waals surface area contributed by atoms with Crippen molar-refractivity contribution < 1.29 is 31.6 Å². The summed E-state index contributed by atoms with van der Waals surface area (Å²) < 4.78 is 58.9. The van der Waals surface area contributed by atoms with Gasteiger partial charge in [0.2, 0.25) is 0 Å². The number of rotatable bonds is 8. The Morgan fingerprint density at radius 1 is 1.12 bits per heavy atom. The number of carbonyl (C=O) groups excluding carboxylic acids is 1. The molecule has 6 rings (SSSR count). The minimum absolute atomic E-state index is 0.110. The number of aromatic nitrogens is 1. The summed E-state index contributed by atoms with van der Waals surface area (Å²) in [5.74, 6) is 0.804. The molecule has 3 aromatic rings. The molecule has 0 radical (unpaired) electrons. The number of benzene rings is 2. The molecule has 2 saturated heterocycles. The van der Waals surface area contributed by atoms with Gasteiger partial charge in [-0.1, -0.05) is 24.3 Å². The van der Waals surface area contributed by atoms with Crippen molar-refractivity contribution in [2.75, 3.05) is 31.1 Å². The second-order valence-corrected chi connectivity index (χ2v) is 12.3. The highest BCUT2D eigenvalue weighted by Gasteiger charge is 2.48. The van der Waals surface area contributed by atoms with Crippen molar-refractivity contribution >= 4 is 21.9 Å². The van der Waals surface area contributed by atoms with Gasteiger partial charge in [-0.25, -0.2) is 9.18 Å². The molecule has 3 aliphatic rings. The highest BCUT2D eigenvalue weighted by atomic mass is 32.2. The van der Waals surface area contributed by atoms with E-state index in [4.69, 9.17) is 14.5 Å². The van der Waals surface area contributed by atoms with Crippen LogP contribution >= 0.6 is 0 Å². The molecular formula is C30H32FN3O6S. The van der Waals surface area contributed by atoms with Crippen molar-refractivity contribution in [1.82, 2.24) is 9.88 Å². The zero-order valence-electron chi connectivity index (χ0n) is 22.8. The van der Waals surface area contributed by atoms with Crippen LogP contribution in [0.4, 0.5) is 14.9 Å². The summed E-state index contributed by atoms with van der Waals surface area (Å²) in [7, 11) is -4.51. The van der Waals surface area contributed by atoms with Crippen LogP contribution in [0.15, 0.2) is 59.5 Å². The maximum Gasteiger partial charge on any atom is 0.415 e. The van der Waals surface area contributed by atoms with Gasteiger partial charge in [-0.2, -0.15) is 8.42 Å². The zero-order valence-corrected chi connectivity index (χ0v) is 23.6. The summed E-state index contributed by atoms with van der Waals surface area (Å²) in [6.07, 6.45) is 2.65. The van der Waals surface area contributed by atoms with E-state index in [1.807, 2.05) is 13.0 Å². The first-order valence-electron chi connectivity index (χ1n) is 13.9. The second-order valence-electron chi connectivity index (χ2n) is 10.9. The minimum Gasteiger partial charge on any atom is -0.492 e. The molecule has 216 valence electrons. The quantitative estimate of drug-likeness (QED) is 0.352. The molecule has 9 nitrogen and oxygen atoms in total. The van der Waals surface area contributed by atoms with Gasteiger partial charge >= 0.3 is 6.09 Å². The molecule has 1 saturated carbocycles. The summed E-state index contributed by atoms with van der Waals surface area (Å²) in [5, 5.41) is 0. The van der Waals surface area contributed by atoms with Crippen LogP contribution in [0.5, 0.6) is 5.75 Å². The first-order valence-corrected chi connectivity index (χ1v) is 15.3. The number of pyridine rings is 1. The lowest BCUT2D eigenvalue weighted by molar-refractivity contribution is -0.00140. The first-order chi connectivity index (χ1) is 19.7. The van der Waals surface area contributed by atoms with E-state index in [0.29, 0.717) is 50.8 Å². The number of halogens is 1. The summed E-state index contributed by atoms with van der Waals surface area (Å²) in [6.45, 7) is 4.48. The molecular weight excluding hydrogens is 549 g/mol. The maximum atomic E-state index is 13.6. The largest absolute Gasteiger partial charge is 0.492 e. The SMILES string of the molecule is CCOc1cc(-c2ccc(F)cc2)c(C2CC2)nc1CN1CCC2(CC1)CN(c1ccccc1S(=O)(=O)O)C(=O)O2. The van der Waals surface area contributed by atoms with Crippen molar-refractivity contribution in [3.8, 4) is 16.9 Å². The van der Waals surface area contributed by atoms with Crippen molar-refractivity contribution in [2.45, 2.75) is 55.6 Å². The van der Waals surface area contributed by atoms with E-state index in [2.05, 4.69) is 4.90 Å². The van der Waals surface area contributed by atoms with Crippen molar-refractivity contribution in [1.29, 1.82) is 0 Å². The summed E-state index contributed by atoms with van der Waals surface area (Å²) in [6, 6.07) is 14.4. The van der Waals surface area contributed by atoms with E-state index >= 15 is 0 Å². The van der Waals surface area contributed by atoms with Gasteiger partial charge in [-0.3, -0.25) is 19.3 Å². The van der Waals surface area contributed by atoms with Crippen LogP contribution in [0.25, 0.3) is 11.1 Å². The number of hydrogen-bond acceptors (Lipinski definition) is 7. The van der Waals surface area contributed by atoms with Crippen LogP contribution in [0.3, 0.4) is 0 Å². The lowest BCUT2D eigenvalue weighted by Crippen LogP contribution is -2.46. The lowest BCUT2D eigenvalue weighted by Gasteiger charge is -2.37. The molecule has 1 N–H and O–H groups in total. The van der Waals surface area contributed by atoms with E-state index in [9.17, 15) is 22.2 Å². The summed E-state index contributed by atoms with van der Waals surface area (Å²) in [4.78, 5) is 21.2. The summed E-state index contributed by atoms with van der Waals surface area (Å²) in [5.41, 5.74) is 3.11. The topological polar surface area (TPSA) is 109 Å². The molecule has 2 aromatic carbocycles. The standard InChI is InChI=1S/C30H32FN3O6S/c1-2-39-26-17-23(20-9-11-22(31)12-10-20)28(21-7-8-21)32-24(26)18-33-15-13-30(14-16-33)19-34(29(35)40-30)25-5-3-4-6-27(25)41(36,37)38/h3-6,9-12,17,21H,2,7-8,13-16,18-19H2,1H3,(H,36,37,38). The number of piperidine rings is 1. The fraction of sp³-hybridized carbons (Fsp3) is 0.400. The van der Waals surface area contributed by atoms with Gasteiger partial charge in [0.05, 0.1) is 30.2 Å². The van der Waals surface area contributed by atoms with Gasteiger partial charge in [0.1, 0.15) is 22.1 Å². The number of anilines is 1. The highest BCUT2D eigenvalue weighted by molar-refractivity contribution is 7.86. The Hall–Kier alpha value is -3.54. The van der Waals surface area contributed by atoms with Crippen molar-refractivity contribution in [2.24, 2.45) is 0 Å². The number of para-hydroxylation sites is 1. The molecule has 0 unspecified atom stereocenters. The molecule has 3 fully saturated rings. The number of hydrogen-bond donors (Lipinski definition) is 1. The number of nitrogens with zero attached hydrogens (tertiary/aromatic N) is 3. The number of amides is 1. The number of ether oxygens (including phenoxy) is 2. The second kappa shape index (κ2) is 10.7. The van der Waals surface area contributed by atoms with Gasteiger partial charge in [0, 0.05) is 44.0 Å². The molecule has 0 bridgehead atoms. The van der Waals surface area contributed by atoms with Crippen molar-refractivity contribution in [3.63, 3.8) is 0 Å². The van der Waals surface area contributed by atoms with Crippen molar-refractivity contribution in [3.05, 3.63) is 71.8 Å². The molecule has 1 aliphatic carbocycles. The van der Waals surface area contributed by atoms with Gasteiger partial charge in [0.25, 0.3) is 10.1 Å². The molecule has 0 atom stereocenters. The molecule has 1 aromatic heterocycles. The average Bonchev–Trinajstić information content (AvgIpc) is 3.74. The van der Waals surface area contributed by atoms with Crippen LogP contribution < -0.4 is 9.64 Å². The molecule has 11 heteroatoms. The monoisotopic (exact) mass is 581 g/mol. The van der Waals surface area contributed by atoms with Crippen LogP contribution in [0.1, 0.15) is 49.9 Å². The Bertz CT molecular complexity index is 1570. The van der Waals surface area contributed by atoms with E-state index in [1.54, 1.807) is 18.2 Å². The maximum absolute atomic E-state index is 13.6. The van der Waals surface area contributed by atoms with Gasteiger partial charge in [0.15, 0.2) is 0 Å². The Kier molecular flexibility index (Phi) is 7.21. The molecule has 1 spiro atoms. The van der Waals surface area contributed by atoms with Crippen LogP contribution in [0.2, 0.25) is 0 Å². The molecule has 41 heavy (non-hydrogen) atoms. The third-order valence-corrected chi connectivity index (χ3v) is 8.96. The van der Waals surface area contributed by atoms with Gasteiger partial charge in [-0.15, -0.1) is 0 Å². The van der Waals surface area contributed by atoms with Gasteiger partial charge < -0.3 is 9.47 Å². The molecule has 1 amide bonds. The summed E-state index contributed by atoms with van der Waals surface area (Å²) >= 11 is 0. The normalized spacial score (nSPS) is 19.0. The Morgan fingerprint density at radius 2 is 1.83 bits per heavy atom. The zero-order chi connectivity index (χ0) is 28.8. The number of carbonyl (C=O) groups is 1. The Morgan fingerprint density at radius 3 is 2.49 bits per heavy atom. The van der Waals surface area contributed by atoms with Crippen LogP contribution in [0, 0.1) is 5.82 Å². The fourth-order valence-corrected chi connectivity index (χ4v) is 6.46.